The van der Waals surface area contributed by atoms with Crippen LogP contribution in [0.5, 0.6) is 0 Å². The maximum atomic E-state index is 13.0. The van der Waals surface area contributed by atoms with E-state index in [-0.39, 0.29) is 30.2 Å². The lowest BCUT2D eigenvalue weighted by atomic mass is 9.94. The Morgan fingerprint density at radius 1 is 1.38 bits per heavy atom. The summed E-state index contributed by atoms with van der Waals surface area (Å²) in [4.78, 5) is 14.9. The highest BCUT2D eigenvalue weighted by atomic mass is 35.5. The van der Waals surface area contributed by atoms with Gasteiger partial charge in [-0.1, -0.05) is 12.1 Å². The van der Waals surface area contributed by atoms with Crippen molar-refractivity contribution in [3.05, 3.63) is 35.6 Å². The second kappa shape index (κ2) is 5.93. The van der Waals surface area contributed by atoms with Gasteiger partial charge in [-0.2, -0.15) is 0 Å². The first-order valence-electron chi connectivity index (χ1n) is 7.34. The van der Waals surface area contributed by atoms with E-state index < -0.39 is 5.41 Å². The van der Waals surface area contributed by atoms with E-state index >= 15 is 0 Å². The first kappa shape index (κ1) is 16.2. The maximum Gasteiger partial charge on any atom is 0.233 e. The Hall–Kier alpha value is -1.13. The number of hydrogen-bond donors (Lipinski definition) is 1. The number of carbonyl (C=O) groups is 1. The van der Waals surface area contributed by atoms with Gasteiger partial charge in [-0.05, 0) is 56.3 Å². The van der Waals surface area contributed by atoms with E-state index in [9.17, 15) is 9.18 Å². The summed E-state index contributed by atoms with van der Waals surface area (Å²) in [6, 6.07) is 6.65. The summed E-state index contributed by atoms with van der Waals surface area (Å²) in [5.41, 5.74) is 6.29. The highest BCUT2D eigenvalue weighted by Gasteiger charge is 2.54. The molecule has 0 radical (unpaired) electrons. The topological polar surface area (TPSA) is 46.3 Å². The van der Waals surface area contributed by atoms with Gasteiger partial charge >= 0.3 is 0 Å². The number of halogens is 2. The Labute approximate surface area is 131 Å². The molecule has 2 aliphatic rings. The fraction of sp³-hybridized carbons (Fsp3) is 0.562. The van der Waals surface area contributed by atoms with Crippen molar-refractivity contribution in [1.82, 2.24) is 4.90 Å². The molecule has 3 nitrogen and oxygen atoms in total. The maximum absolute atomic E-state index is 13.0. The molecule has 1 aliphatic heterocycles. The smallest absolute Gasteiger partial charge is 0.233 e. The monoisotopic (exact) mass is 312 g/mol. The van der Waals surface area contributed by atoms with Crippen LogP contribution in [0.3, 0.4) is 0 Å². The van der Waals surface area contributed by atoms with Gasteiger partial charge in [-0.15, -0.1) is 12.4 Å². The number of nitrogens with zero attached hydrogens (tertiary/aromatic N) is 1. The largest absolute Gasteiger partial charge is 0.339 e. The molecule has 2 N–H and O–H groups in total. The van der Waals surface area contributed by atoms with Gasteiger partial charge in [-0.3, -0.25) is 4.79 Å². The van der Waals surface area contributed by atoms with Crippen LogP contribution >= 0.6 is 12.4 Å². The molecular weight excluding hydrogens is 291 g/mol. The summed E-state index contributed by atoms with van der Waals surface area (Å²) >= 11 is 0. The molecule has 0 spiro atoms. The lowest BCUT2D eigenvalue weighted by Crippen LogP contribution is -2.41. The van der Waals surface area contributed by atoms with E-state index in [1.165, 1.54) is 12.1 Å². The third-order valence-corrected chi connectivity index (χ3v) is 4.81. The van der Waals surface area contributed by atoms with Gasteiger partial charge in [0.2, 0.25) is 5.91 Å². The van der Waals surface area contributed by atoms with Crippen molar-refractivity contribution in [3.63, 3.8) is 0 Å². The van der Waals surface area contributed by atoms with Gasteiger partial charge in [0.25, 0.3) is 0 Å². The van der Waals surface area contributed by atoms with Gasteiger partial charge in [0.1, 0.15) is 5.82 Å². The molecule has 1 amide bonds. The molecule has 1 aromatic carbocycles. The number of benzene rings is 1. The Kier molecular flexibility index (Phi) is 4.59. The number of likely N-dealkylation sites (tertiary alicyclic amines) is 1. The summed E-state index contributed by atoms with van der Waals surface area (Å²) in [6.45, 7) is 3.49. The molecule has 2 unspecified atom stereocenters. The molecule has 0 bridgehead atoms. The minimum absolute atomic E-state index is 0. The van der Waals surface area contributed by atoms with Crippen LogP contribution in [0.4, 0.5) is 4.39 Å². The van der Waals surface area contributed by atoms with Crippen molar-refractivity contribution in [2.75, 3.05) is 13.1 Å². The standard InChI is InChI=1S/C16H21FN2O.ClH/c1-11-8-12(9-18)10-19(11)15(20)16(6-7-16)13-2-4-14(17)5-3-13;/h2-5,11-12H,6-10,18H2,1H3;1H. The van der Waals surface area contributed by atoms with Crippen LogP contribution in [0.15, 0.2) is 24.3 Å². The minimum atomic E-state index is -0.397. The lowest BCUT2D eigenvalue weighted by Gasteiger charge is -2.27. The summed E-state index contributed by atoms with van der Waals surface area (Å²) in [6.07, 6.45) is 2.73. The van der Waals surface area contributed by atoms with Gasteiger partial charge in [-0.25, -0.2) is 4.39 Å². The number of rotatable bonds is 3. The van der Waals surface area contributed by atoms with Gasteiger partial charge < -0.3 is 10.6 Å². The summed E-state index contributed by atoms with van der Waals surface area (Å²) in [5, 5.41) is 0. The average molecular weight is 313 g/mol. The molecule has 2 atom stereocenters. The molecule has 5 heteroatoms. The third kappa shape index (κ3) is 2.79. The van der Waals surface area contributed by atoms with E-state index in [0.29, 0.717) is 12.5 Å². The van der Waals surface area contributed by atoms with Crippen LogP contribution in [0, 0.1) is 11.7 Å². The van der Waals surface area contributed by atoms with Crippen LogP contribution in [0.25, 0.3) is 0 Å². The van der Waals surface area contributed by atoms with Crippen molar-refractivity contribution in [1.29, 1.82) is 0 Å². The molecule has 2 fully saturated rings. The van der Waals surface area contributed by atoms with Crippen LogP contribution in [0.1, 0.15) is 31.7 Å². The molecule has 1 heterocycles. The molecule has 21 heavy (non-hydrogen) atoms. The predicted molar refractivity (Wildman–Crippen MR) is 82.9 cm³/mol. The first-order chi connectivity index (χ1) is 9.56. The fourth-order valence-corrected chi connectivity index (χ4v) is 3.39. The second-order valence-corrected chi connectivity index (χ2v) is 6.23. The van der Waals surface area contributed by atoms with E-state index in [1.54, 1.807) is 12.1 Å². The van der Waals surface area contributed by atoms with Crippen molar-refractivity contribution in [2.45, 2.75) is 37.6 Å². The molecule has 3 rings (SSSR count). The number of nitrogens with two attached hydrogens (primary N) is 1. The summed E-state index contributed by atoms with van der Waals surface area (Å²) in [7, 11) is 0. The Bertz CT molecular complexity index is 516. The van der Waals surface area contributed by atoms with Crippen molar-refractivity contribution < 1.29 is 9.18 Å². The molecule has 1 saturated heterocycles. The molecular formula is C16H22ClFN2O. The van der Waals surface area contributed by atoms with Crippen LogP contribution < -0.4 is 5.73 Å². The Balaban J connectivity index is 0.00000161. The number of amides is 1. The zero-order valence-electron chi connectivity index (χ0n) is 12.2. The van der Waals surface area contributed by atoms with Gasteiger partial charge in [0.05, 0.1) is 5.41 Å². The lowest BCUT2D eigenvalue weighted by molar-refractivity contribution is -0.134. The van der Waals surface area contributed by atoms with Crippen LogP contribution in [-0.2, 0) is 10.2 Å². The minimum Gasteiger partial charge on any atom is -0.339 e. The SMILES string of the molecule is CC1CC(CN)CN1C(=O)C1(c2ccc(F)cc2)CC1.Cl. The van der Waals surface area contributed by atoms with E-state index in [0.717, 1.165) is 31.4 Å². The fourth-order valence-electron chi connectivity index (χ4n) is 3.39. The second-order valence-electron chi connectivity index (χ2n) is 6.23. The van der Waals surface area contributed by atoms with Crippen molar-refractivity contribution in [2.24, 2.45) is 11.7 Å². The van der Waals surface area contributed by atoms with E-state index in [1.807, 2.05) is 4.90 Å². The Morgan fingerprint density at radius 2 is 2.00 bits per heavy atom. The first-order valence-corrected chi connectivity index (χ1v) is 7.34. The van der Waals surface area contributed by atoms with E-state index in [2.05, 4.69) is 6.92 Å². The van der Waals surface area contributed by atoms with Crippen molar-refractivity contribution >= 4 is 18.3 Å². The zero-order valence-corrected chi connectivity index (χ0v) is 13.0. The van der Waals surface area contributed by atoms with Crippen LogP contribution in [0.2, 0.25) is 0 Å². The quantitative estimate of drug-likeness (QED) is 0.932. The predicted octanol–water partition coefficient (Wildman–Crippen LogP) is 2.47. The van der Waals surface area contributed by atoms with Crippen molar-refractivity contribution in [3.8, 4) is 0 Å². The average Bonchev–Trinajstić information content (AvgIpc) is 3.17. The highest BCUT2D eigenvalue weighted by Crippen LogP contribution is 2.50. The summed E-state index contributed by atoms with van der Waals surface area (Å²) < 4.78 is 13.0. The van der Waals surface area contributed by atoms with E-state index in [4.69, 9.17) is 5.73 Å². The highest BCUT2D eigenvalue weighted by molar-refractivity contribution is 5.91. The Morgan fingerprint density at radius 3 is 2.48 bits per heavy atom. The molecule has 116 valence electrons. The molecule has 0 aromatic heterocycles. The van der Waals surface area contributed by atoms with Gasteiger partial charge in [0.15, 0.2) is 0 Å². The molecule has 1 aromatic rings. The number of hydrogen-bond acceptors (Lipinski definition) is 2. The molecule has 1 saturated carbocycles. The summed E-state index contributed by atoms with van der Waals surface area (Å²) in [5.74, 6) is 0.361. The third-order valence-electron chi connectivity index (χ3n) is 4.81. The number of carbonyl (C=O) groups excluding carboxylic acids is 1. The normalized spacial score (nSPS) is 26.3. The molecule has 1 aliphatic carbocycles. The van der Waals surface area contributed by atoms with Gasteiger partial charge in [0, 0.05) is 12.6 Å². The van der Waals surface area contributed by atoms with Crippen LogP contribution in [-0.4, -0.2) is 29.9 Å². The zero-order chi connectivity index (χ0) is 14.3.